The van der Waals surface area contributed by atoms with Crippen molar-refractivity contribution in [3.8, 4) is 0 Å². The molecular weight excluding hydrogens is 230 g/mol. The number of aromatic nitrogens is 2. The Labute approximate surface area is 108 Å². The minimum atomic E-state index is -0.867. The van der Waals surface area contributed by atoms with Crippen molar-refractivity contribution in [2.75, 3.05) is 6.54 Å². The largest absolute Gasteiger partial charge is 0.388 e. The van der Waals surface area contributed by atoms with Crippen molar-refractivity contribution in [2.45, 2.75) is 45.8 Å². The molecule has 1 rings (SSSR count). The van der Waals surface area contributed by atoms with Crippen LogP contribution in [0.2, 0.25) is 0 Å². The quantitative estimate of drug-likeness (QED) is 0.804. The Hall–Kier alpha value is -1.36. The van der Waals surface area contributed by atoms with Crippen molar-refractivity contribution in [1.29, 1.82) is 0 Å². The first kappa shape index (κ1) is 14.7. The normalized spacial score (nSPS) is 16.3. The lowest BCUT2D eigenvalue weighted by Gasteiger charge is -2.26. The summed E-state index contributed by atoms with van der Waals surface area (Å²) >= 11 is 0. The highest BCUT2D eigenvalue weighted by Gasteiger charge is 2.24. The van der Waals surface area contributed by atoms with Crippen LogP contribution in [-0.4, -0.2) is 32.9 Å². The molecule has 0 aromatic carbocycles. The highest BCUT2D eigenvalue weighted by atomic mass is 16.3. The highest BCUT2D eigenvalue weighted by molar-refractivity contribution is 5.79. The average Bonchev–Trinajstić information content (AvgIpc) is 2.76. The lowest BCUT2D eigenvalue weighted by Crippen LogP contribution is -2.43. The second kappa shape index (κ2) is 6.00. The summed E-state index contributed by atoms with van der Waals surface area (Å²) in [4.78, 5) is 11.9. The molecule has 0 bridgehead atoms. The van der Waals surface area contributed by atoms with Gasteiger partial charge in [-0.3, -0.25) is 9.48 Å². The molecule has 1 amide bonds. The molecule has 2 atom stereocenters. The zero-order valence-corrected chi connectivity index (χ0v) is 11.6. The molecule has 0 aliphatic carbocycles. The molecule has 0 saturated heterocycles. The molecule has 5 nitrogen and oxygen atoms in total. The maximum atomic E-state index is 11.9. The van der Waals surface area contributed by atoms with Crippen LogP contribution in [0.15, 0.2) is 18.5 Å². The van der Waals surface area contributed by atoms with E-state index in [0.29, 0.717) is 12.3 Å². The first-order valence-electron chi connectivity index (χ1n) is 6.31. The molecular formula is C13H23N3O2. The third-order valence-electron chi connectivity index (χ3n) is 2.79. The lowest BCUT2D eigenvalue weighted by atomic mass is 9.94. The number of carbonyl (C=O) groups is 1. The van der Waals surface area contributed by atoms with Crippen molar-refractivity contribution < 1.29 is 9.90 Å². The van der Waals surface area contributed by atoms with Gasteiger partial charge in [-0.05, 0) is 32.3 Å². The number of amides is 1. The van der Waals surface area contributed by atoms with E-state index in [1.165, 1.54) is 0 Å². The van der Waals surface area contributed by atoms with Gasteiger partial charge in [-0.25, -0.2) is 0 Å². The number of hydrogen-bond donors (Lipinski definition) is 2. The van der Waals surface area contributed by atoms with Gasteiger partial charge >= 0.3 is 0 Å². The average molecular weight is 253 g/mol. The van der Waals surface area contributed by atoms with E-state index >= 15 is 0 Å². The zero-order valence-electron chi connectivity index (χ0n) is 11.6. The molecule has 0 spiro atoms. The molecule has 1 aromatic rings. The van der Waals surface area contributed by atoms with Crippen LogP contribution >= 0.6 is 0 Å². The summed E-state index contributed by atoms with van der Waals surface area (Å²) in [5.41, 5.74) is -0.867. The first-order chi connectivity index (χ1) is 8.32. The van der Waals surface area contributed by atoms with E-state index in [1.807, 2.05) is 13.8 Å². The minimum Gasteiger partial charge on any atom is -0.388 e. The summed E-state index contributed by atoms with van der Waals surface area (Å²) in [5, 5.41) is 16.9. The van der Waals surface area contributed by atoms with E-state index in [1.54, 1.807) is 37.0 Å². The van der Waals surface area contributed by atoms with Crippen LogP contribution in [0.5, 0.6) is 0 Å². The molecule has 2 unspecified atom stereocenters. The fraction of sp³-hybridized carbons (Fsp3) is 0.692. The SMILES string of the molecule is CC(C)CC(C)(O)CNC(=O)C(C)n1cccn1. The van der Waals surface area contributed by atoms with Gasteiger partial charge in [-0.2, -0.15) is 5.10 Å². The van der Waals surface area contributed by atoms with Crippen LogP contribution in [0, 0.1) is 5.92 Å². The Kier molecular flexibility index (Phi) is 4.90. The lowest BCUT2D eigenvalue weighted by molar-refractivity contribution is -0.125. The Morgan fingerprint density at radius 3 is 2.67 bits per heavy atom. The Morgan fingerprint density at radius 1 is 1.50 bits per heavy atom. The molecule has 0 saturated carbocycles. The molecule has 18 heavy (non-hydrogen) atoms. The van der Waals surface area contributed by atoms with E-state index in [-0.39, 0.29) is 18.5 Å². The fourth-order valence-corrected chi connectivity index (χ4v) is 2.01. The number of carbonyl (C=O) groups excluding carboxylic acids is 1. The monoisotopic (exact) mass is 253 g/mol. The topological polar surface area (TPSA) is 67.2 Å². The van der Waals surface area contributed by atoms with Gasteiger partial charge in [0.05, 0.1) is 5.60 Å². The van der Waals surface area contributed by atoms with Gasteiger partial charge in [0, 0.05) is 18.9 Å². The summed E-state index contributed by atoms with van der Waals surface area (Å²) in [6.07, 6.45) is 4.04. The standard InChI is InChI=1S/C13H23N3O2/c1-10(2)8-13(4,18)9-14-12(17)11(3)16-7-5-6-15-16/h5-7,10-11,18H,8-9H2,1-4H3,(H,14,17). The van der Waals surface area contributed by atoms with Gasteiger partial charge in [0.1, 0.15) is 6.04 Å². The van der Waals surface area contributed by atoms with Crippen LogP contribution in [0.1, 0.15) is 40.2 Å². The van der Waals surface area contributed by atoms with Gasteiger partial charge in [-0.15, -0.1) is 0 Å². The van der Waals surface area contributed by atoms with Crippen molar-refractivity contribution in [2.24, 2.45) is 5.92 Å². The highest BCUT2D eigenvalue weighted by Crippen LogP contribution is 2.15. The van der Waals surface area contributed by atoms with E-state index in [2.05, 4.69) is 10.4 Å². The maximum Gasteiger partial charge on any atom is 0.244 e. The van der Waals surface area contributed by atoms with Gasteiger partial charge in [0.25, 0.3) is 0 Å². The summed E-state index contributed by atoms with van der Waals surface area (Å²) < 4.78 is 1.59. The zero-order chi connectivity index (χ0) is 13.8. The van der Waals surface area contributed by atoms with Gasteiger partial charge in [0.2, 0.25) is 5.91 Å². The van der Waals surface area contributed by atoms with Gasteiger partial charge in [-0.1, -0.05) is 13.8 Å². The van der Waals surface area contributed by atoms with E-state index in [0.717, 1.165) is 0 Å². The molecule has 1 aromatic heterocycles. The fourth-order valence-electron chi connectivity index (χ4n) is 2.01. The predicted octanol–water partition coefficient (Wildman–Crippen LogP) is 1.36. The Bertz CT molecular complexity index is 372. The van der Waals surface area contributed by atoms with Gasteiger partial charge < -0.3 is 10.4 Å². The molecule has 2 N–H and O–H groups in total. The third kappa shape index (κ3) is 4.49. The summed E-state index contributed by atoms with van der Waals surface area (Å²) in [6, 6.07) is 1.41. The van der Waals surface area contributed by atoms with Crippen LogP contribution < -0.4 is 5.32 Å². The second-order valence-corrected chi connectivity index (χ2v) is 5.47. The molecule has 0 aliphatic rings. The van der Waals surface area contributed by atoms with Crippen molar-refractivity contribution in [1.82, 2.24) is 15.1 Å². The first-order valence-corrected chi connectivity index (χ1v) is 6.31. The van der Waals surface area contributed by atoms with Gasteiger partial charge in [0.15, 0.2) is 0 Å². The van der Waals surface area contributed by atoms with Crippen LogP contribution in [-0.2, 0) is 4.79 Å². The molecule has 0 radical (unpaired) electrons. The molecule has 102 valence electrons. The van der Waals surface area contributed by atoms with Crippen molar-refractivity contribution >= 4 is 5.91 Å². The molecule has 1 heterocycles. The Morgan fingerprint density at radius 2 is 2.17 bits per heavy atom. The number of hydrogen-bond acceptors (Lipinski definition) is 3. The number of aliphatic hydroxyl groups is 1. The smallest absolute Gasteiger partial charge is 0.244 e. The number of nitrogens with zero attached hydrogens (tertiary/aromatic N) is 2. The van der Waals surface area contributed by atoms with Crippen molar-refractivity contribution in [3.05, 3.63) is 18.5 Å². The van der Waals surface area contributed by atoms with E-state index in [9.17, 15) is 9.90 Å². The summed E-state index contributed by atoms with van der Waals surface area (Å²) in [7, 11) is 0. The molecule has 0 fully saturated rings. The molecule has 0 aliphatic heterocycles. The molecule has 5 heteroatoms. The van der Waals surface area contributed by atoms with E-state index < -0.39 is 5.60 Å². The minimum absolute atomic E-state index is 0.136. The number of nitrogens with one attached hydrogen (secondary N) is 1. The van der Waals surface area contributed by atoms with Crippen LogP contribution in [0.3, 0.4) is 0 Å². The predicted molar refractivity (Wildman–Crippen MR) is 70.0 cm³/mol. The third-order valence-corrected chi connectivity index (χ3v) is 2.79. The van der Waals surface area contributed by atoms with Crippen LogP contribution in [0.4, 0.5) is 0 Å². The second-order valence-electron chi connectivity index (χ2n) is 5.47. The maximum absolute atomic E-state index is 11.9. The summed E-state index contributed by atoms with van der Waals surface area (Å²) in [6.45, 7) is 7.87. The van der Waals surface area contributed by atoms with Crippen LogP contribution in [0.25, 0.3) is 0 Å². The van der Waals surface area contributed by atoms with E-state index in [4.69, 9.17) is 0 Å². The summed E-state index contributed by atoms with van der Waals surface area (Å²) in [5.74, 6) is 0.253. The van der Waals surface area contributed by atoms with Crippen molar-refractivity contribution in [3.63, 3.8) is 0 Å². The number of rotatable bonds is 6. The Balaban J connectivity index is 2.46.